The maximum Gasteiger partial charge on any atom is 0.141 e. The first kappa shape index (κ1) is 15.1. The summed E-state index contributed by atoms with van der Waals surface area (Å²) in [6.45, 7) is 2.96. The van der Waals surface area contributed by atoms with E-state index < -0.39 is 0 Å². The van der Waals surface area contributed by atoms with Gasteiger partial charge in [-0.3, -0.25) is 0 Å². The van der Waals surface area contributed by atoms with E-state index in [4.69, 9.17) is 4.74 Å². The van der Waals surface area contributed by atoms with E-state index in [2.05, 4.69) is 56.2 Å². The molecule has 0 atom stereocenters. The molecule has 2 aromatic rings. The summed E-state index contributed by atoms with van der Waals surface area (Å²) < 4.78 is 7.99. The van der Waals surface area contributed by atoms with Crippen LogP contribution in [-0.2, 0) is 6.54 Å². The molecule has 2 nitrogen and oxygen atoms in total. The second-order valence-corrected chi connectivity index (χ2v) is 7.15. The van der Waals surface area contributed by atoms with E-state index in [-0.39, 0.29) is 0 Å². The SMILES string of the molecule is Cc1ccc(Oc2ccc(CNC3CC3)c(Br)c2)c(Br)c1. The Morgan fingerprint density at radius 2 is 1.90 bits per heavy atom. The van der Waals surface area contributed by atoms with Gasteiger partial charge in [-0.05, 0) is 71.1 Å². The van der Waals surface area contributed by atoms with Crippen molar-refractivity contribution in [3.05, 3.63) is 56.5 Å². The van der Waals surface area contributed by atoms with Crippen LogP contribution < -0.4 is 10.1 Å². The number of hydrogen-bond acceptors (Lipinski definition) is 2. The summed E-state index contributed by atoms with van der Waals surface area (Å²) in [5, 5.41) is 3.52. The second kappa shape index (κ2) is 6.51. The van der Waals surface area contributed by atoms with E-state index >= 15 is 0 Å². The number of rotatable bonds is 5. The number of nitrogens with one attached hydrogen (secondary N) is 1. The predicted molar refractivity (Wildman–Crippen MR) is 93.0 cm³/mol. The lowest BCUT2D eigenvalue weighted by Crippen LogP contribution is -2.15. The highest BCUT2D eigenvalue weighted by atomic mass is 79.9. The van der Waals surface area contributed by atoms with Gasteiger partial charge in [0.05, 0.1) is 4.47 Å². The molecule has 0 aromatic heterocycles. The monoisotopic (exact) mass is 409 g/mol. The number of aryl methyl sites for hydroxylation is 1. The zero-order chi connectivity index (χ0) is 14.8. The normalized spacial score (nSPS) is 14.2. The molecule has 0 amide bonds. The highest BCUT2D eigenvalue weighted by Gasteiger charge is 2.20. The maximum absolute atomic E-state index is 5.94. The molecule has 0 bridgehead atoms. The fourth-order valence-electron chi connectivity index (χ4n) is 2.09. The van der Waals surface area contributed by atoms with E-state index in [1.165, 1.54) is 24.0 Å². The molecule has 1 saturated carbocycles. The van der Waals surface area contributed by atoms with Gasteiger partial charge in [-0.1, -0.05) is 28.1 Å². The van der Waals surface area contributed by atoms with Gasteiger partial charge in [-0.2, -0.15) is 0 Å². The Hall–Kier alpha value is -0.840. The van der Waals surface area contributed by atoms with Crippen LogP contribution in [0.15, 0.2) is 45.3 Å². The van der Waals surface area contributed by atoms with Crippen LogP contribution in [0.1, 0.15) is 24.0 Å². The summed E-state index contributed by atoms with van der Waals surface area (Å²) >= 11 is 7.17. The molecule has 0 unspecified atom stereocenters. The standard InChI is InChI=1S/C17H17Br2NO/c1-11-2-7-17(16(19)8-11)21-14-6-3-12(15(18)9-14)10-20-13-4-5-13/h2-3,6-9,13,20H,4-5,10H2,1H3. The largest absolute Gasteiger partial charge is 0.456 e. The lowest BCUT2D eigenvalue weighted by Gasteiger charge is -2.11. The van der Waals surface area contributed by atoms with Crippen LogP contribution in [0.5, 0.6) is 11.5 Å². The third kappa shape index (κ3) is 4.09. The van der Waals surface area contributed by atoms with Crippen LogP contribution in [0.25, 0.3) is 0 Å². The zero-order valence-corrected chi connectivity index (χ0v) is 15.0. The summed E-state index contributed by atoms with van der Waals surface area (Å²) in [7, 11) is 0. The van der Waals surface area contributed by atoms with Gasteiger partial charge in [0.15, 0.2) is 0 Å². The molecule has 1 fully saturated rings. The summed E-state index contributed by atoms with van der Waals surface area (Å²) in [6, 6.07) is 12.9. The van der Waals surface area contributed by atoms with Gasteiger partial charge in [0.1, 0.15) is 11.5 Å². The molecule has 1 N–H and O–H groups in total. The van der Waals surface area contributed by atoms with Crippen molar-refractivity contribution in [2.45, 2.75) is 32.4 Å². The van der Waals surface area contributed by atoms with Crippen LogP contribution in [0.2, 0.25) is 0 Å². The second-order valence-electron chi connectivity index (χ2n) is 5.44. The lowest BCUT2D eigenvalue weighted by atomic mass is 10.2. The van der Waals surface area contributed by atoms with Crippen LogP contribution in [0.3, 0.4) is 0 Å². The third-order valence-corrected chi connectivity index (χ3v) is 4.86. The zero-order valence-electron chi connectivity index (χ0n) is 11.8. The minimum absolute atomic E-state index is 0.719. The van der Waals surface area contributed by atoms with Crippen molar-refractivity contribution >= 4 is 31.9 Å². The van der Waals surface area contributed by atoms with Gasteiger partial charge >= 0.3 is 0 Å². The molecular formula is C17H17Br2NO. The molecule has 1 aliphatic rings. The number of halogens is 2. The van der Waals surface area contributed by atoms with Crippen molar-refractivity contribution in [2.75, 3.05) is 0 Å². The summed E-state index contributed by atoms with van der Waals surface area (Å²) in [5.41, 5.74) is 2.47. The molecule has 1 aliphatic carbocycles. The molecule has 110 valence electrons. The molecule has 0 radical (unpaired) electrons. The maximum atomic E-state index is 5.94. The van der Waals surface area contributed by atoms with Crippen LogP contribution in [0.4, 0.5) is 0 Å². The van der Waals surface area contributed by atoms with Gasteiger partial charge < -0.3 is 10.1 Å². The van der Waals surface area contributed by atoms with Gasteiger partial charge in [0, 0.05) is 17.1 Å². The molecule has 3 rings (SSSR count). The third-order valence-electron chi connectivity index (χ3n) is 3.50. The molecule has 4 heteroatoms. The average Bonchev–Trinajstić information content (AvgIpc) is 3.25. The van der Waals surface area contributed by atoms with Crippen molar-refractivity contribution in [3.63, 3.8) is 0 Å². The van der Waals surface area contributed by atoms with Crippen molar-refractivity contribution < 1.29 is 4.74 Å². The molecular weight excluding hydrogens is 394 g/mol. The first-order chi connectivity index (χ1) is 10.1. The highest BCUT2D eigenvalue weighted by Crippen LogP contribution is 2.32. The van der Waals surface area contributed by atoms with E-state index in [1.807, 2.05) is 24.3 Å². The fraction of sp³-hybridized carbons (Fsp3) is 0.294. The van der Waals surface area contributed by atoms with Crippen molar-refractivity contribution in [1.29, 1.82) is 0 Å². The Morgan fingerprint density at radius 1 is 1.10 bits per heavy atom. The average molecular weight is 411 g/mol. The minimum Gasteiger partial charge on any atom is -0.456 e. The Labute approximate surface area is 142 Å². The van der Waals surface area contributed by atoms with Gasteiger partial charge in [0.25, 0.3) is 0 Å². The van der Waals surface area contributed by atoms with Crippen LogP contribution in [-0.4, -0.2) is 6.04 Å². The Kier molecular flexibility index (Phi) is 4.67. The summed E-state index contributed by atoms with van der Waals surface area (Å²) in [4.78, 5) is 0. The van der Waals surface area contributed by atoms with Crippen molar-refractivity contribution in [2.24, 2.45) is 0 Å². The molecule has 0 aliphatic heterocycles. The fourth-order valence-corrected chi connectivity index (χ4v) is 3.16. The molecule has 0 spiro atoms. The molecule has 21 heavy (non-hydrogen) atoms. The Balaban J connectivity index is 1.71. The first-order valence-corrected chi connectivity index (χ1v) is 8.66. The molecule has 2 aromatic carbocycles. The highest BCUT2D eigenvalue weighted by molar-refractivity contribution is 9.10. The topological polar surface area (TPSA) is 21.3 Å². The van der Waals surface area contributed by atoms with Gasteiger partial charge in [-0.25, -0.2) is 0 Å². The predicted octanol–water partition coefficient (Wildman–Crippen LogP) is 5.56. The Morgan fingerprint density at radius 3 is 2.57 bits per heavy atom. The minimum atomic E-state index is 0.719. The summed E-state index contributed by atoms with van der Waals surface area (Å²) in [6.07, 6.45) is 2.61. The Bertz CT molecular complexity index is 653. The lowest BCUT2D eigenvalue weighted by molar-refractivity contribution is 0.478. The first-order valence-electron chi connectivity index (χ1n) is 7.07. The number of ether oxygens (including phenoxy) is 1. The van der Waals surface area contributed by atoms with Gasteiger partial charge in [0.2, 0.25) is 0 Å². The molecule has 0 saturated heterocycles. The quantitative estimate of drug-likeness (QED) is 0.696. The van der Waals surface area contributed by atoms with Crippen LogP contribution in [0, 0.1) is 6.92 Å². The smallest absolute Gasteiger partial charge is 0.141 e. The van der Waals surface area contributed by atoms with E-state index in [0.717, 1.165) is 33.0 Å². The van der Waals surface area contributed by atoms with Crippen molar-refractivity contribution in [1.82, 2.24) is 5.32 Å². The van der Waals surface area contributed by atoms with Gasteiger partial charge in [-0.15, -0.1) is 0 Å². The van der Waals surface area contributed by atoms with E-state index in [0.29, 0.717) is 0 Å². The summed E-state index contributed by atoms with van der Waals surface area (Å²) in [5.74, 6) is 1.66. The molecule has 0 heterocycles. The number of hydrogen-bond donors (Lipinski definition) is 1. The number of benzene rings is 2. The van der Waals surface area contributed by atoms with Crippen molar-refractivity contribution in [3.8, 4) is 11.5 Å². The van der Waals surface area contributed by atoms with E-state index in [9.17, 15) is 0 Å². The van der Waals surface area contributed by atoms with Crippen LogP contribution >= 0.6 is 31.9 Å². The van der Waals surface area contributed by atoms with E-state index in [1.54, 1.807) is 0 Å².